The Morgan fingerprint density at radius 1 is 1.48 bits per heavy atom. The topological polar surface area (TPSA) is 69.6 Å². The van der Waals surface area contributed by atoms with Crippen LogP contribution in [-0.4, -0.2) is 44.1 Å². The van der Waals surface area contributed by atoms with E-state index in [0.29, 0.717) is 12.1 Å². The average molecular weight is 316 g/mol. The summed E-state index contributed by atoms with van der Waals surface area (Å²) < 4.78 is 41.0. The van der Waals surface area contributed by atoms with E-state index in [4.69, 9.17) is 5.11 Å². The largest absolute Gasteiger partial charge is 0.392 e. The van der Waals surface area contributed by atoms with Crippen LogP contribution in [0.4, 0.5) is 4.39 Å². The van der Waals surface area contributed by atoms with E-state index in [0.717, 1.165) is 32.0 Å². The second kappa shape index (κ2) is 6.83. The zero-order valence-corrected chi connectivity index (χ0v) is 12.9. The first-order chi connectivity index (χ1) is 9.96. The molecule has 1 aromatic carbocycles. The second-order valence-corrected chi connectivity index (χ2v) is 6.96. The minimum atomic E-state index is -3.88. The minimum Gasteiger partial charge on any atom is -0.392 e. The highest BCUT2D eigenvalue weighted by molar-refractivity contribution is 7.89. The van der Waals surface area contributed by atoms with E-state index in [1.165, 1.54) is 12.1 Å². The van der Waals surface area contributed by atoms with E-state index in [9.17, 15) is 12.8 Å². The molecule has 1 atom stereocenters. The highest BCUT2D eigenvalue weighted by atomic mass is 32.2. The van der Waals surface area contributed by atoms with Gasteiger partial charge >= 0.3 is 0 Å². The van der Waals surface area contributed by atoms with Crippen molar-refractivity contribution in [2.75, 3.05) is 19.6 Å². The number of aliphatic hydroxyl groups is 1. The molecule has 0 spiro atoms. The smallest absolute Gasteiger partial charge is 0.243 e. The third-order valence-electron chi connectivity index (χ3n) is 3.74. The van der Waals surface area contributed by atoms with E-state index >= 15 is 0 Å². The van der Waals surface area contributed by atoms with Gasteiger partial charge in [-0.25, -0.2) is 17.5 Å². The van der Waals surface area contributed by atoms with Gasteiger partial charge in [-0.3, -0.25) is 0 Å². The van der Waals surface area contributed by atoms with Crippen LogP contribution in [0.25, 0.3) is 0 Å². The molecule has 0 aliphatic carbocycles. The summed E-state index contributed by atoms with van der Waals surface area (Å²) in [5, 5.41) is 8.94. The van der Waals surface area contributed by atoms with Crippen LogP contribution in [0.5, 0.6) is 0 Å². The quantitative estimate of drug-likeness (QED) is 0.853. The van der Waals surface area contributed by atoms with Crippen LogP contribution in [0, 0.1) is 5.82 Å². The molecule has 0 radical (unpaired) electrons. The molecule has 0 aromatic heterocycles. The molecule has 0 bridgehead atoms. The highest BCUT2D eigenvalue weighted by Crippen LogP contribution is 2.18. The lowest BCUT2D eigenvalue weighted by atomic mass is 10.1. The Balaban J connectivity index is 2.14. The number of hydrogen-bond acceptors (Lipinski definition) is 4. The van der Waals surface area contributed by atoms with Gasteiger partial charge in [0, 0.05) is 12.6 Å². The van der Waals surface area contributed by atoms with Crippen molar-refractivity contribution >= 4 is 10.0 Å². The Morgan fingerprint density at radius 2 is 2.24 bits per heavy atom. The molecular weight excluding hydrogens is 295 g/mol. The normalized spacial score (nSPS) is 20.6. The standard InChI is InChI=1S/C14H21FN2O3S/c1-2-17-7-3-4-12(9-17)16-21(19,20)14-6-5-11(10-18)8-13(14)15/h5-6,8,12,16,18H,2-4,7,9-10H2,1H3. The van der Waals surface area contributed by atoms with Gasteiger partial charge in [0.15, 0.2) is 0 Å². The molecular formula is C14H21FN2O3S. The average Bonchev–Trinajstić information content (AvgIpc) is 2.46. The summed E-state index contributed by atoms with van der Waals surface area (Å²) >= 11 is 0. The maximum Gasteiger partial charge on any atom is 0.243 e. The molecule has 1 aliphatic heterocycles. The number of likely N-dealkylation sites (N-methyl/N-ethyl adjacent to an activating group) is 1. The Labute approximate surface area is 124 Å². The lowest BCUT2D eigenvalue weighted by molar-refractivity contribution is 0.211. The SMILES string of the molecule is CCN1CCCC(NS(=O)(=O)c2ccc(CO)cc2F)C1. The van der Waals surface area contributed by atoms with Gasteiger partial charge in [0.05, 0.1) is 6.61 Å². The van der Waals surface area contributed by atoms with Crippen LogP contribution >= 0.6 is 0 Å². The van der Waals surface area contributed by atoms with Gasteiger partial charge in [0.1, 0.15) is 10.7 Å². The highest BCUT2D eigenvalue weighted by Gasteiger charge is 2.26. The summed E-state index contributed by atoms with van der Waals surface area (Å²) in [5.41, 5.74) is 0.348. The second-order valence-electron chi connectivity index (χ2n) is 5.28. The Kier molecular flexibility index (Phi) is 5.32. The van der Waals surface area contributed by atoms with Gasteiger partial charge in [-0.2, -0.15) is 0 Å². The first-order valence-corrected chi connectivity index (χ1v) is 8.58. The number of hydrogen-bond donors (Lipinski definition) is 2. The van der Waals surface area contributed by atoms with Crippen LogP contribution < -0.4 is 4.72 Å². The Morgan fingerprint density at radius 3 is 2.86 bits per heavy atom. The fourth-order valence-electron chi connectivity index (χ4n) is 2.58. The van der Waals surface area contributed by atoms with E-state index in [2.05, 4.69) is 9.62 Å². The summed E-state index contributed by atoms with van der Waals surface area (Å²) in [6, 6.07) is 3.47. The molecule has 1 aromatic rings. The number of benzene rings is 1. The van der Waals surface area contributed by atoms with Gasteiger partial charge in [0.25, 0.3) is 0 Å². The molecule has 1 fully saturated rings. The fourth-order valence-corrected chi connectivity index (χ4v) is 3.90. The molecule has 7 heteroatoms. The van der Waals surface area contributed by atoms with Crippen LogP contribution in [-0.2, 0) is 16.6 Å². The summed E-state index contributed by atoms with van der Waals surface area (Å²) in [5.74, 6) is -0.836. The Hall–Kier alpha value is -1.02. The fraction of sp³-hybridized carbons (Fsp3) is 0.571. The van der Waals surface area contributed by atoms with E-state index < -0.39 is 15.8 Å². The first kappa shape index (κ1) is 16.4. The lowest BCUT2D eigenvalue weighted by Crippen LogP contribution is -2.47. The van der Waals surface area contributed by atoms with Crippen LogP contribution in [0.1, 0.15) is 25.3 Å². The first-order valence-electron chi connectivity index (χ1n) is 7.10. The maximum atomic E-state index is 13.9. The van der Waals surface area contributed by atoms with Gasteiger partial charge in [-0.1, -0.05) is 13.0 Å². The van der Waals surface area contributed by atoms with Gasteiger partial charge < -0.3 is 10.0 Å². The van der Waals surface area contributed by atoms with Crippen molar-refractivity contribution in [1.82, 2.24) is 9.62 Å². The van der Waals surface area contributed by atoms with Crippen molar-refractivity contribution < 1.29 is 17.9 Å². The number of halogens is 1. The van der Waals surface area contributed by atoms with Crippen molar-refractivity contribution in [2.24, 2.45) is 0 Å². The molecule has 2 rings (SSSR count). The van der Waals surface area contributed by atoms with Crippen molar-refractivity contribution in [3.8, 4) is 0 Å². The molecule has 1 heterocycles. The van der Waals surface area contributed by atoms with E-state index in [1.807, 2.05) is 6.92 Å². The van der Waals surface area contributed by atoms with Gasteiger partial charge in [-0.15, -0.1) is 0 Å². The molecule has 1 aliphatic rings. The minimum absolute atomic E-state index is 0.194. The number of nitrogens with one attached hydrogen (secondary N) is 1. The van der Waals surface area contributed by atoms with Crippen LogP contribution in [0.15, 0.2) is 23.1 Å². The number of piperidine rings is 1. The number of sulfonamides is 1. The third-order valence-corrected chi connectivity index (χ3v) is 5.30. The molecule has 21 heavy (non-hydrogen) atoms. The number of nitrogens with zero attached hydrogens (tertiary/aromatic N) is 1. The predicted octanol–water partition coefficient (Wildman–Crippen LogP) is 1.08. The molecule has 2 N–H and O–H groups in total. The molecule has 0 amide bonds. The van der Waals surface area contributed by atoms with Crippen molar-refractivity contribution in [3.63, 3.8) is 0 Å². The number of likely N-dealkylation sites (tertiary alicyclic amines) is 1. The third kappa shape index (κ3) is 4.00. The summed E-state index contributed by atoms with van der Waals surface area (Å²) in [6.07, 6.45) is 1.68. The van der Waals surface area contributed by atoms with Gasteiger partial charge in [0.2, 0.25) is 10.0 Å². The molecule has 118 valence electrons. The number of aliphatic hydroxyl groups excluding tert-OH is 1. The zero-order chi connectivity index (χ0) is 15.5. The van der Waals surface area contributed by atoms with Gasteiger partial charge in [-0.05, 0) is 43.6 Å². The Bertz CT molecular complexity index is 592. The van der Waals surface area contributed by atoms with Crippen LogP contribution in [0.3, 0.4) is 0 Å². The lowest BCUT2D eigenvalue weighted by Gasteiger charge is -2.32. The van der Waals surface area contributed by atoms with Crippen molar-refractivity contribution in [2.45, 2.75) is 37.3 Å². The zero-order valence-electron chi connectivity index (χ0n) is 12.0. The number of rotatable bonds is 5. The molecule has 5 nitrogen and oxygen atoms in total. The molecule has 1 saturated heterocycles. The van der Waals surface area contributed by atoms with Crippen LogP contribution in [0.2, 0.25) is 0 Å². The maximum absolute atomic E-state index is 13.9. The van der Waals surface area contributed by atoms with Crippen molar-refractivity contribution in [1.29, 1.82) is 0 Å². The van der Waals surface area contributed by atoms with E-state index in [-0.39, 0.29) is 17.5 Å². The molecule has 1 unspecified atom stereocenters. The van der Waals surface area contributed by atoms with E-state index in [1.54, 1.807) is 0 Å². The summed E-state index contributed by atoms with van der Waals surface area (Å²) in [6.45, 7) is 4.20. The van der Waals surface area contributed by atoms with Crippen molar-refractivity contribution in [3.05, 3.63) is 29.6 Å². The summed E-state index contributed by atoms with van der Waals surface area (Å²) in [4.78, 5) is 1.80. The predicted molar refractivity (Wildman–Crippen MR) is 77.8 cm³/mol. The summed E-state index contributed by atoms with van der Waals surface area (Å²) in [7, 11) is -3.88. The molecule has 0 saturated carbocycles. The monoisotopic (exact) mass is 316 g/mol.